The number of carboxylic acids is 1. The topological polar surface area (TPSA) is 69.6 Å². The lowest BCUT2D eigenvalue weighted by atomic mass is 10.1. The number of benzene rings is 2. The number of likely N-dealkylation sites (tertiary alicyclic amines) is 1. The number of para-hydroxylation sites is 1. The van der Waals surface area contributed by atoms with E-state index in [0.29, 0.717) is 19.5 Å². The van der Waals surface area contributed by atoms with E-state index >= 15 is 0 Å². The summed E-state index contributed by atoms with van der Waals surface area (Å²) < 4.78 is 0. The highest BCUT2D eigenvalue weighted by molar-refractivity contribution is 7.99. The van der Waals surface area contributed by atoms with Crippen molar-refractivity contribution < 1.29 is 14.7 Å². The molecule has 1 aliphatic heterocycles. The second-order valence-electron chi connectivity index (χ2n) is 6.02. The highest BCUT2D eigenvalue weighted by Gasteiger charge is 2.28. The first-order chi connectivity index (χ1) is 12.1. The second-order valence-corrected chi connectivity index (χ2v) is 7.13. The van der Waals surface area contributed by atoms with Gasteiger partial charge in [-0.15, -0.1) is 0 Å². The molecule has 0 spiro atoms. The van der Waals surface area contributed by atoms with Crippen molar-refractivity contribution in [2.24, 2.45) is 5.92 Å². The molecule has 25 heavy (non-hydrogen) atoms. The molecule has 1 heterocycles. The van der Waals surface area contributed by atoms with Crippen molar-refractivity contribution in [2.45, 2.75) is 16.2 Å². The molecule has 2 aromatic carbocycles. The third kappa shape index (κ3) is 4.84. The Morgan fingerprint density at radius 2 is 1.84 bits per heavy atom. The Morgan fingerprint density at radius 3 is 2.56 bits per heavy atom. The molecule has 0 aliphatic carbocycles. The molecule has 130 valence electrons. The van der Waals surface area contributed by atoms with Gasteiger partial charge in [-0.25, -0.2) is 0 Å². The summed E-state index contributed by atoms with van der Waals surface area (Å²) in [5.41, 5.74) is 0.773. The molecule has 2 N–H and O–H groups in total. The summed E-state index contributed by atoms with van der Waals surface area (Å²) in [6.45, 7) is 1.29. The zero-order chi connectivity index (χ0) is 17.6. The maximum absolute atomic E-state index is 12.3. The number of amides is 1. The van der Waals surface area contributed by atoms with Crippen LogP contribution in [0.2, 0.25) is 0 Å². The number of carboxylic acid groups (broad SMARTS) is 1. The lowest BCUT2D eigenvalue weighted by molar-refractivity contribution is -0.141. The van der Waals surface area contributed by atoms with Gasteiger partial charge in [0, 0.05) is 16.3 Å². The highest BCUT2D eigenvalue weighted by Crippen LogP contribution is 2.33. The van der Waals surface area contributed by atoms with Crippen molar-refractivity contribution in [2.75, 3.05) is 25.0 Å². The molecular weight excluding hydrogens is 336 g/mol. The Morgan fingerprint density at radius 1 is 1.12 bits per heavy atom. The molecule has 0 bridgehead atoms. The van der Waals surface area contributed by atoms with Crippen molar-refractivity contribution in [1.29, 1.82) is 0 Å². The third-order valence-electron chi connectivity index (χ3n) is 4.12. The molecule has 3 rings (SSSR count). The van der Waals surface area contributed by atoms with E-state index < -0.39 is 5.97 Å². The van der Waals surface area contributed by atoms with Crippen LogP contribution in [-0.4, -0.2) is 41.5 Å². The van der Waals surface area contributed by atoms with Crippen LogP contribution in [0.4, 0.5) is 5.69 Å². The van der Waals surface area contributed by atoms with Gasteiger partial charge in [0.25, 0.3) is 0 Å². The normalized spacial score (nSPS) is 17.4. The first-order valence-electron chi connectivity index (χ1n) is 8.19. The van der Waals surface area contributed by atoms with Gasteiger partial charge >= 0.3 is 5.97 Å². The van der Waals surface area contributed by atoms with Gasteiger partial charge < -0.3 is 10.4 Å². The SMILES string of the molecule is O=C(CN1CCC(C(=O)O)C1)Nc1ccccc1Sc1ccccc1. The summed E-state index contributed by atoms with van der Waals surface area (Å²) in [6.07, 6.45) is 0.600. The molecule has 2 aromatic rings. The first kappa shape index (κ1) is 17.5. The number of hydrogen-bond donors (Lipinski definition) is 2. The van der Waals surface area contributed by atoms with Crippen LogP contribution < -0.4 is 5.32 Å². The second kappa shape index (κ2) is 8.18. The number of aliphatic carboxylic acids is 1. The van der Waals surface area contributed by atoms with Crippen molar-refractivity contribution >= 4 is 29.3 Å². The van der Waals surface area contributed by atoms with Gasteiger partial charge in [-0.2, -0.15) is 0 Å². The summed E-state index contributed by atoms with van der Waals surface area (Å²) in [6, 6.07) is 17.7. The minimum Gasteiger partial charge on any atom is -0.481 e. The Labute approximate surface area is 151 Å². The van der Waals surface area contributed by atoms with E-state index in [4.69, 9.17) is 5.11 Å². The van der Waals surface area contributed by atoms with E-state index in [0.717, 1.165) is 15.5 Å². The Kier molecular flexibility index (Phi) is 5.73. The molecule has 1 aliphatic rings. The van der Waals surface area contributed by atoms with Gasteiger partial charge in [0.05, 0.1) is 18.2 Å². The quantitative estimate of drug-likeness (QED) is 0.832. The fourth-order valence-corrected chi connectivity index (χ4v) is 3.77. The third-order valence-corrected chi connectivity index (χ3v) is 5.20. The number of rotatable bonds is 6. The van der Waals surface area contributed by atoms with E-state index in [1.807, 2.05) is 59.5 Å². The fourth-order valence-electron chi connectivity index (χ4n) is 2.85. The Hall–Kier alpha value is -2.31. The van der Waals surface area contributed by atoms with Crippen LogP contribution in [0.3, 0.4) is 0 Å². The van der Waals surface area contributed by atoms with Gasteiger partial charge in [0.2, 0.25) is 5.91 Å². The Bertz CT molecular complexity index is 751. The molecule has 6 heteroatoms. The fraction of sp³-hybridized carbons (Fsp3) is 0.263. The number of hydrogen-bond acceptors (Lipinski definition) is 4. The van der Waals surface area contributed by atoms with Crippen molar-refractivity contribution in [1.82, 2.24) is 4.90 Å². The van der Waals surface area contributed by atoms with Crippen LogP contribution in [-0.2, 0) is 9.59 Å². The Balaban J connectivity index is 1.61. The first-order valence-corrected chi connectivity index (χ1v) is 9.00. The molecule has 0 saturated carbocycles. The number of nitrogens with one attached hydrogen (secondary N) is 1. The van der Waals surface area contributed by atoms with Gasteiger partial charge in [-0.1, -0.05) is 42.1 Å². The van der Waals surface area contributed by atoms with Crippen molar-refractivity contribution in [3.63, 3.8) is 0 Å². The summed E-state index contributed by atoms with van der Waals surface area (Å²) >= 11 is 1.60. The maximum atomic E-state index is 12.3. The van der Waals surface area contributed by atoms with Gasteiger partial charge in [0.15, 0.2) is 0 Å². The standard InChI is InChI=1S/C19H20N2O3S/c22-18(13-21-11-10-14(12-21)19(23)24)20-16-8-4-5-9-17(16)25-15-6-2-1-3-7-15/h1-9,14H,10-13H2,(H,20,22)(H,23,24). The number of nitrogens with zero attached hydrogens (tertiary/aromatic N) is 1. The number of anilines is 1. The van der Waals surface area contributed by atoms with Crippen LogP contribution in [0.25, 0.3) is 0 Å². The van der Waals surface area contributed by atoms with E-state index in [1.54, 1.807) is 11.8 Å². The molecule has 0 aromatic heterocycles. The molecule has 5 nitrogen and oxygen atoms in total. The number of carbonyl (C=O) groups excluding carboxylic acids is 1. The van der Waals surface area contributed by atoms with Crippen LogP contribution >= 0.6 is 11.8 Å². The summed E-state index contributed by atoms with van der Waals surface area (Å²) in [5.74, 6) is -1.27. The minimum atomic E-state index is -0.785. The molecule has 1 fully saturated rings. The predicted octanol–water partition coefficient (Wildman–Crippen LogP) is 3.18. The van der Waals surface area contributed by atoms with E-state index in [9.17, 15) is 9.59 Å². The lowest BCUT2D eigenvalue weighted by Gasteiger charge is -2.16. The van der Waals surface area contributed by atoms with Gasteiger partial charge in [0.1, 0.15) is 0 Å². The lowest BCUT2D eigenvalue weighted by Crippen LogP contribution is -2.32. The van der Waals surface area contributed by atoms with Crippen molar-refractivity contribution in [3.8, 4) is 0 Å². The molecule has 1 saturated heterocycles. The monoisotopic (exact) mass is 356 g/mol. The van der Waals surface area contributed by atoms with Gasteiger partial charge in [-0.3, -0.25) is 14.5 Å². The molecule has 0 radical (unpaired) electrons. The maximum Gasteiger partial charge on any atom is 0.307 e. The van der Waals surface area contributed by atoms with Crippen LogP contribution in [0, 0.1) is 5.92 Å². The van der Waals surface area contributed by atoms with Crippen LogP contribution in [0.5, 0.6) is 0 Å². The molecule has 1 unspecified atom stereocenters. The van der Waals surface area contributed by atoms with Crippen molar-refractivity contribution in [3.05, 3.63) is 54.6 Å². The van der Waals surface area contributed by atoms with Crippen LogP contribution in [0.15, 0.2) is 64.4 Å². The summed E-state index contributed by atoms with van der Waals surface area (Å²) in [4.78, 5) is 27.3. The van der Waals surface area contributed by atoms with E-state index in [1.165, 1.54) is 0 Å². The van der Waals surface area contributed by atoms with Crippen LogP contribution in [0.1, 0.15) is 6.42 Å². The summed E-state index contributed by atoms with van der Waals surface area (Å²) in [5, 5.41) is 12.0. The summed E-state index contributed by atoms with van der Waals surface area (Å²) in [7, 11) is 0. The molecule has 1 amide bonds. The van der Waals surface area contributed by atoms with E-state index in [2.05, 4.69) is 5.32 Å². The minimum absolute atomic E-state index is 0.118. The number of carbonyl (C=O) groups is 2. The molecule has 1 atom stereocenters. The van der Waals surface area contributed by atoms with E-state index in [-0.39, 0.29) is 18.4 Å². The predicted molar refractivity (Wildman–Crippen MR) is 97.8 cm³/mol. The average molecular weight is 356 g/mol. The zero-order valence-electron chi connectivity index (χ0n) is 13.7. The smallest absolute Gasteiger partial charge is 0.307 e. The zero-order valence-corrected chi connectivity index (χ0v) is 14.5. The largest absolute Gasteiger partial charge is 0.481 e. The molecular formula is C19H20N2O3S. The van der Waals surface area contributed by atoms with Gasteiger partial charge in [-0.05, 0) is 37.2 Å². The highest BCUT2D eigenvalue weighted by atomic mass is 32.2. The average Bonchev–Trinajstić information content (AvgIpc) is 3.06.